The van der Waals surface area contributed by atoms with Crippen LogP contribution < -0.4 is 10.7 Å². The van der Waals surface area contributed by atoms with Crippen molar-refractivity contribution in [1.29, 1.82) is 0 Å². The Morgan fingerprint density at radius 3 is 2.80 bits per heavy atom. The van der Waals surface area contributed by atoms with Crippen molar-refractivity contribution in [2.45, 2.75) is 50.1 Å². The number of hydrogen-bond acceptors (Lipinski definition) is 3. The van der Waals surface area contributed by atoms with E-state index in [2.05, 4.69) is 10.7 Å². The highest BCUT2D eigenvalue weighted by atomic mass is 16.2. The molecule has 4 heteroatoms. The molecule has 2 aliphatic heterocycles. The Hall–Kier alpha value is -0.610. The van der Waals surface area contributed by atoms with Gasteiger partial charge in [0, 0.05) is 18.0 Å². The van der Waals surface area contributed by atoms with E-state index in [1.807, 2.05) is 5.01 Å². The van der Waals surface area contributed by atoms with E-state index in [9.17, 15) is 4.79 Å². The molecule has 15 heavy (non-hydrogen) atoms. The van der Waals surface area contributed by atoms with Crippen LogP contribution in [0.15, 0.2) is 0 Å². The first-order valence-corrected chi connectivity index (χ1v) is 6.09. The van der Waals surface area contributed by atoms with E-state index >= 15 is 0 Å². The van der Waals surface area contributed by atoms with E-state index in [0.717, 1.165) is 19.5 Å². The van der Waals surface area contributed by atoms with Gasteiger partial charge in [0.1, 0.15) is 0 Å². The number of nitrogens with one attached hydrogen (secondary N) is 2. The Morgan fingerprint density at radius 1 is 1.40 bits per heavy atom. The van der Waals surface area contributed by atoms with Gasteiger partial charge in [-0.1, -0.05) is 0 Å². The zero-order valence-electron chi connectivity index (χ0n) is 9.09. The van der Waals surface area contributed by atoms with E-state index in [-0.39, 0.29) is 5.54 Å². The maximum absolute atomic E-state index is 11.8. The SMILES string of the molecule is O=C1CC2(CCC2)NN1CC1CCCN1. The highest BCUT2D eigenvalue weighted by Gasteiger charge is 2.47. The van der Waals surface area contributed by atoms with Crippen LogP contribution in [0.25, 0.3) is 0 Å². The molecule has 2 saturated heterocycles. The van der Waals surface area contributed by atoms with Crippen LogP contribution in [-0.4, -0.2) is 35.6 Å². The maximum Gasteiger partial charge on any atom is 0.238 e. The van der Waals surface area contributed by atoms with Gasteiger partial charge in [-0.25, -0.2) is 5.43 Å². The molecule has 3 aliphatic rings. The molecule has 1 saturated carbocycles. The first-order chi connectivity index (χ1) is 7.27. The summed E-state index contributed by atoms with van der Waals surface area (Å²) in [5.41, 5.74) is 3.59. The minimum Gasteiger partial charge on any atom is -0.312 e. The zero-order chi connectivity index (χ0) is 10.3. The molecule has 3 rings (SSSR count). The average Bonchev–Trinajstić information content (AvgIpc) is 2.74. The highest BCUT2D eigenvalue weighted by molar-refractivity contribution is 5.79. The second-order valence-electron chi connectivity index (χ2n) is 5.22. The molecule has 0 radical (unpaired) electrons. The molecule has 0 bridgehead atoms. The lowest BCUT2D eigenvalue weighted by Gasteiger charge is -2.38. The summed E-state index contributed by atoms with van der Waals surface area (Å²) in [5, 5.41) is 5.30. The number of amides is 1. The summed E-state index contributed by atoms with van der Waals surface area (Å²) in [6, 6.07) is 0.511. The summed E-state index contributed by atoms with van der Waals surface area (Å²) in [7, 11) is 0. The molecule has 0 aromatic heterocycles. The minimum atomic E-state index is 0.162. The molecular formula is C11H19N3O. The van der Waals surface area contributed by atoms with Crippen LogP contribution in [0.3, 0.4) is 0 Å². The number of rotatable bonds is 2. The summed E-state index contributed by atoms with van der Waals surface area (Å²) in [6.07, 6.45) is 6.80. The number of hydrazine groups is 1. The van der Waals surface area contributed by atoms with Gasteiger partial charge >= 0.3 is 0 Å². The Kier molecular flexibility index (Phi) is 2.21. The maximum atomic E-state index is 11.8. The van der Waals surface area contributed by atoms with Gasteiger partial charge in [-0.15, -0.1) is 0 Å². The standard InChI is InChI=1S/C11H19N3O/c15-10-7-11(4-2-5-11)13-14(10)8-9-3-1-6-12-9/h9,12-13H,1-8H2. The number of nitrogens with zero attached hydrogens (tertiary/aromatic N) is 1. The third kappa shape index (κ3) is 1.66. The lowest BCUT2D eigenvalue weighted by molar-refractivity contribution is -0.129. The van der Waals surface area contributed by atoms with Crippen molar-refractivity contribution in [2.24, 2.45) is 0 Å². The summed E-state index contributed by atoms with van der Waals surface area (Å²) < 4.78 is 0. The van der Waals surface area contributed by atoms with Crippen molar-refractivity contribution in [2.75, 3.05) is 13.1 Å². The fourth-order valence-corrected chi connectivity index (χ4v) is 2.95. The van der Waals surface area contributed by atoms with Gasteiger partial charge in [0.15, 0.2) is 0 Å². The van der Waals surface area contributed by atoms with Crippen LogP contribution >= 0.6 is 0 Å². The molecule has 1 amide bonds. The predicted octanol–water partition coefficient (Wildman–Crippen LogP) is 0.398. The first kappa shape index (κ1) is 9.60. The van der Waals surface area contributed by atoms with Gasteiger partial charge in [-0.3, -0.25) is 9.80 Å². The molecular weight excluding hydrogens is 190 g/mol. The van der Waals surface area contributed by atoms with Gasteiger partial charge < -0.3 is 5.32 Å². The molecule has 1 unspecified atom stereocenters. The second-order valence-corrected chi connectivity index (χ2v) is 5.22. The topological polar surface area (TPSA) is 44.4 Å². The van der Waals surface area contributed by atoms with Crippen molar-refractivity contribution in [3.63, 3.8) is 0 Å². The largest absolute Gasteiger partial charge is 0.312 e. The second kappa shape index (κ2) is 3.46. The molecule has 3 fully saturated rings. The summed E-state index contributed by atoms with van der Waals surface area (Å²) >= 11 is 0. The van der Waals surface area contributed by atoms with Crippen LogP contribution in [0.4, 0.5) is 0 Å². The van der Waals surface area contributed by atoms with Crippen molar-refractivity contribution in [3.8, 4) is 0 Å². The first-order valence-electron chi connectivity index (χ1n) is 6.09. The predicted molar refractivity (Wildman–Crippen MR) is 57.1 cm³/mol. The molecule has 4 nitrogen and oxygen atoms in total. The molecule has 2 heterocycles. The Morgan fingerprint density at radius 2 is 2.27 bits per heavy atom. The molecule has 2 N–H and O–H groups in total. The summed E-state index contributed by atoms with van der Waals surface area (Å²) in [5.74, 6) is 0.295. The number of carbonyl (C=O) groups is 1. The van der Waals surface area contributed by atoms with Crippen molar-refractivity contribution in [1.82, 2.24) is 15.8 Å². The smallest absolute Gasteiger partial charge is 0.238 e. The van der Waals surface area contributed by atoms with Crippen LogP contribution in [-0.2, 0) is 4.79 Å². The van der Waals surface area contributed by atoms with Gasteiger partial charge in [0.25, 0.3) is 0 Å². The van der Waals surface area contributed by atoms with Crippen LogP contribution in [0.2, 0.25) is 0 Å². The van der Waals surface area contributed by atoms with Crippen LogP contribution in [0, 0.1) is 0 Å². The van der Waals surface area contributed by atoms with E-state index < -0.39 is 0 Å². The monoisotopic (exact) mass is 209 g/mol. The van der Waals surface area contributed by atoms with Crippen LogP contribution in [0.1, 0.15) is 38.5 Å². The van der Waals surface area contributed by atoms with Gasteiger partial charge in [-0.2, -0.15) is 0 Å². The Balaban J connectivity index is 1.59. The molecule has 1 aliphatic carbocycles. The van der Waals surface area contributed by atoms with Crippen molar-refractivity contribution in [3.05, 3.63) is 0 Å². The van der Waals surface area contributed by atoms with E-state index in [1.54, 1.807) is 0 Å². The molecule has 0 aromatic rings. The number of hydrogen-bond donors (Lipinski definition) is 2. The zero-order valence-corrected chi connectivity index (χ0v) is 9.09. The highest BCUT2D eigenvalue weighted by Crippen LogP contribution is 2.38. The van der Waals surface area contributed by atoms with Crippen molar-refractivity contribution < 1.29 is 4.79 Å². The fourth-order valence-electron chi connectivity index (χ4n) is 2.95. The van der Waals surface area contributed by atoms with E-state index in [4.69, 9.17) is 0 Å². The third-order valence-electron chi connectivity index (χ3n) is 4.04. The van der Waals surface area contributed by atoms with Crippen LogP contribution in [0.5, 0.6) is 0 Å². The fraction of sp³-hybridized carbons (Fsp3) is 0.909. The molecule has 1 spiro atoms. The van der Waals surface area contributed by atoms with E-state index in [1.165, 1.54) is 32.1 Å². The quantitative estimate of drug-likeness (QED) is 0.692. The summed E-state index contributed by atoms with van der Waals surface area (Å²) in [4.78, 5) is 11.8. The lowest BCUT2D eigenvalue weighted by Crippen LogP contribution is -2.52. The Labute approximate surface area is 90.4 Å². The van der Waals surface area contributed by atoms with Gasteiger partial charge in [-0.05, 0) is 38.6 Å². The van der Waals surface area contributed by atoms with E-state index in [0.29, 0.717) is 11.9 Å². The Bertz CT molecular complexity index is 269. The molecule has 0 aromatic carbocycles. The molecule has 84 valence electrons. The van der Waals surface area contributed by atoms with Gasteiger partial charge in [0.2, 0.25) is 5.91 Å². The molecule has 1 atom stereocenters. The third-order valence-corrected chi connectivity index (χ3v) is 4.04. The van der Waals surface area contributed by atoms with Crippen molar-refractivity contribution >= 4 is 5.91 Å². The summed E-state index contributed by atoms with van der Waals surface area (Å²) in [6.45, 7) is 1.96. The normalized spacial score (nSPS) is 33.7. The minimum absolute atomic E-state index is 0.162. The number of carbonyl (C=O) groups excluding carboxylic acids is 1. The lowest BCUT2D eigenvalue weighted by atomic mass is 9.76. The average molecular weight is 209 g/mol. The van der Waals surface area contributed by atoms with Gasteiger partial charge in [0.05, 0.1) is 6.54 Å².